The van der Waals surface area contributed by atoms with Gasteiger partial charge < -0.3 is 9.47 Å². The number of aromatic nitrogens is 1. The van der Waals surface area contributed by atoms with Crippen LogP contribution in [0.4, 0.5) is 17.1 Å². The van der Waals surface area contributed by atoms with Gasteiger partial charge >= 0.3 is 0 Å². The molecule has 11 rings (SSSR count). The molecule has 0 bridgehead atoms. The summed E-state index contributed by atoms with van der Waals surface area (Å²) in [6, 6.07) is 92.1. The summed E-state index contributed by atoms with van der Waals surface area (Å²) in [7, 11) is 0. The minimum atomic E-state index is 1.09. The molecular formula is C60H42N2. The predicted octanol–water partition coefficient (Wildman–Crippen LogP) is 16.6. The van der Waals surface area contributed by atoms with Gasteiger partial charge in [-0.2, -0.15) is 0 Å². The smallest absolute Gasteiger partial charge is 0.0547 e. The number of benzene rings is 10. The van der Waals surface area contributed by atoms with Gasteiger partial charge in [0.15, 0.2) is 0 Å². The van der Waals surface area contributed by atoms with Crippen molar-refractivity contribution in [3.63, 3.8) is 0 Å². The Hall–Kier alpha value is -8.20. The van der Waals surface area contributed by atoms with Gasteiger partial charge in [0.05, 0.1) is 16.7 Å². The first-order valence-electron chi connectivity index (χ1n) is 21.3. The van der Waals surface area contributed by atoms with Crippen LogP contribution in [0.1, 0.15) is 0 Å². The lowest BCUT2D eigenvalue weighted by Crippen LogP contribution is -2.11. The minimum absolute atomic E-state index is 1.09. The topological polar surface area (TPSA) is 8.17 Å². The first-order valence-corrected chi connectivity index (χ1v) is 21.3. The Bertz CT molecular complexity index is 3210. The van der Waals surface area contributed by atoms with E-state index in [2.05, 4.69) is 264 Å². The van der Waals surface area contributed by atoms with Crippen LogP contribution in [-0.4, -0.2) is 4.57 Å². The first kappa shape index (κ1) is 36.8. The molecule has 292 valence electrons. The SMILES string of the molecule is c1ccc(-c2ccc(N(c3ccc(-c4ccccc4)cc3)c3ccccc3-c3ccc(-c4ccc5c6ccccc6n(-c6ccccc6)c5c4)cc3-c3ccccc3)cc2)cc1. The summed E-state index contributed by atoms with van der Waals surface area (Å²) in [4.78, 5) is 2.40. The van der Waals surface area contributed by atoms with Crippen LogP contribution >= 0.6 is 0 Å². The fraction of sp³-hybridized carbons (Fsp3) is 0. The number of rotatable bonds is 9. The molecule has 0 saturated heterocycles. The van der Waals surface area contributed by atoms with E-state index in [0.717, 1.165) is 28.3 Å². The molecule has 0 unspecified atom stereocenters. The van der Waals surface area contributed by atoms with Crippen molar-refractivity contribution in [2.24, 2.45) is 0 Å². The summed E-state index contributed by atoms with van der Waals surface area (Å²) in [5.41, 5.74) is 18.6. The van der Waals surface area contributed by atoms with Crippen LogP contribution in [0.2, 0.25) is 0 Å². The zero-order chi connectivity index (χ0) is 41.2. The predicted molar refractivity (Wildman–Crippen MR) is 263 cm³/mol. The highest BCUT2D eigenvalue weighted by atomic mass is 15.1. The van der Waals surface area contributed by atoms with Crippen LogP contribution < -0.4 is 4.90 Å². The zero-order valence-corrected chi connectivity index (χ0v) is 34.1. The van der Waals surface area contributed by atoms with Crippen molar-refractivity contribution in [2.45, 2.75) is 0 Å². The number of hydrogen-bond donors (Lipinski definition) is 0. The molecule has 2 heteroatoms. The van der Waals surface area contributed by atoms with Crippen LogP contribution in [-0.2, 0) is 0 Å². The summed E-state index contributed by atoms with van der Waals surface area (Å²) in [6.07, 6.45) is 0. The molecule has 10 aromatic carbocycles. The van der Waals surface area contributed by atoms with Crippen LogP contribution in [0, 0.1) is 0 Å². The number of para-hydroxylation sites is 3. The summed E-state index contributed by atoms with van der Waals surface area (Å²) >= 11 is 0. The van der Waals surface area contributed by atoms with Crippen LogP contribution in [0.15, 0.2) is 255 Å². The molecule has 0 aliphatic carbocycles. The molecule has 1 heterocycles. The molecule has 0 N–H and O–H groups in total. The van der Waals surface area contributed by atoms with E-state index in [4.69, 9.17) is 0 Å². The Kier molecular flexibility index (Phi) is 9.57. The second kappa shape index (κ2) is 16.1. The highest BCUT2D eigenvalue weighted by molar-refractivity contribution is 6.10. The molecule has 2 nitrogen and oxygen atoms in total. The van der Waals surface area contributed by atoms with E-state index in [0.29, 0.717) is 0 Å². The minimum Gasteiger partial charge on any atom is -0.310 e. The monoisotopic (exact) mass is 790 g/mol. The van der Waals surface area contributed by atoms with Gasteiger partial charge in [0.25, 0.3) is 0 Å². The highest BCUT2D eigenvalue weighted by Gasteiger charge is 2.21. The van der Waals surface area contributed by atoms with Crippen LogP contribution in [0.25, 0.3) is 83.1 Å². The summed E-state index contributed by atoms with van der Waals surface area (Å²) in [5, 5.41) is 2.50. The van der Waals surface area contributed by atoms with Gasteiger partial charge in [0.2, 0.25) is 0 Å². The van der Waals surface area contributed by atoms with E-state index >= 15 is 0 Å². The van der Waals surface area contributed by atoms with E-state index in [1.807, 2.05) is 0 Å². The molecule has 0 spiro atoms. The molecule has 0 aliphatic heterocycles. The number of anilines is 3. The number of nitrogens with zero attached hydrogens (tertiary/aromatic N) is 2. The molecule has 0 radical (unpaired) electrons. The Morgan fingerprint density at radius 1 is 0.258 bits per heavy atom. The quantitative estimate of drug-likeness (QED) is 0.141. The third kappa shape index (κ3) is 6.84. The molecule has 0 fully saturated rings. The Balaban J connectivity index is 1.07. The van der Waals surface area contributed by atoms with Crippen molar-refractivity contribution < 1.29 is 0 Å². The maximum atomic E-state index is 2.40. The summed E-state index contributed by atoms with van der Waals surface area (Å²) < 4.78 is 2.39. The second-order valence-corrected chi connectivity index (χ2v) is 15.7. The standard InChI is InChI=1S/C60H42N2/c1-5-17-43(18-6-1)45-29-35-51(36-30-45)61(52-37-31-46(32-38-52)44-19-7-2-8-20-44)58-27-15-13-25-54(58)53-39-33-48(41-57(53)47-21-9-3-10-22-47)49-34-40-56-55-26-14-16-28-59(55)62(60(56)42-49)50-23-11-4-12-24-50/h1-42H. The normalized spacial score (nSPS) is 11.2. The fourth-order valence-corrected chi connectivity index (χ4v) is 9.01. The van der Waals surface area contributed by atoms with Gasteiger partial charge in [0, 0.05) is 33.4 Å². The van der Waals surface area contributed by atoms with E-state index in [1.165, 1.54) is 71.9 Å². The van der Waals surface area contributed by atoms with Gasteiger partial charge in [-0.05, 0) is 111 Å². The maximum Gasteiger partial charge on any atom is 0.0547 e. The highest BCUT2D eigenvalue weighted by Crippen LogP contribution is 2.45. The Labute approximate surface area is 362 Å². The lowest BCUT2D eigenvalue weighted by atomic mass is 9.89. The fourth-order valence-electron chi connectivity index (χ4n) is 9.01. The second-order valence-electron chi connectivity index (χ2n) is 15.7. The van der Waals surface area contributed by atoms with Gasteiger partial charge in [-0.25, -0.2) is 0 Å². The van der Waals surface area contributed by atoms with E-state index in [1.54, 1.807) is 0 Å². The number of hydrogen-bond acceptors (Lipinski definition) is 1. The van der Waals surface area contributed by atoms with Gasteiger partial charge in [-0.3, -0.25) is 0 Å². The zero-order valence-electron chi connectivity index (χ0n) is 34.1. The first-order chi connectivity index (χ1) is 30.8. The van der Waals surface area contributed by atoms with Crippen molar-refractivity contribution >= 4 is 38.9 Å². The molecule has 0 amide bonds. The van der Waals surface area contributed by atoms with Gasteiger partial charge in [0.1, 0.15) is 0 Å². The summed E-state index contributed by atoms with van der Waals surface area (Å²) in [6.45, 7) is 0. The van der Waals surface area contributed by atoms with Gasteiger partial charge in [-0.15, -0.1) is 0 Å². The van der Waals surface area contributed by atoms with Crippen LogP contribution in [0.3, 0.4) is 0 Å². The molecule has 0 aliphatic rings. The van der Waals surface area contributed by atoms with Gasteiger partial charge in [-0.1, -0.05) is 194 Å². The third-order valence-electron chi connectivity index (χ3n) is 12.0. The van der Waals surface area contributed by atoms with Crippen molar-refractivity contribution in [1.82, 2.24) is 4.57 Å². The molecule has 0 saturated carbocycles. The lowest BCUT2D eigenvalue weighted by molar-refractivity contribution is 1.18. The maximum absolute atomic E-state index is 2.40. The van der Waals surface area contributed by atoms with E-state index in [-0.39, 0.29) is 0 Å². The molecule has 62 heavy (non-hydrogen) atoms. The molecule has 1 aromatic heterocycles. The van der Waals surface area contributed by atoms with Crippen molar-refractivity contribution in [2.75, 3.05) is 4.90 Å². The lowest BCUT2D eigenvalue weighted by Gasteiger charge is -2.29. The van der Waals surface area contributed by atoms with E-state index < -0.39 is 0 Å². The Morgan fingerprint density at radius 2 is 0.710 bits per heavy atom. The molecule has 0 atom stereocenters. The molecular weight excluding hydrogens is 749 g/mol. The summed E-state index contributed by atoms with van der Waals surface area (Å²) in [5.74, 6) is 0. The largest absolute Gasteiger partial charge is 0.310 e. The van der Waals surface area contributed by atoms with Crippen molar-refractivity contribution in [3.05, 3.63) is 255 Å². The average Bonchev–Trinajstić information content (AvgIpc) is 3.69. The Morgan fingerprint density at radius 3 is 1.34 bits per heavy atom. The third-order valence-corrected chi connectivity index (χ3v) is 12.0. The average molecular weight is 791 g/mol. The van der Waals surface area contributed by atoms with Crippen LogP contribution in [0.5, 0.6) is 0 Å². The van der Waals surface area contributed by atoms with E-state index in [9.17, 15) is 0 Å². The number of fused-ring (bicyclic) bond motifs is 3. The molecule has 11 aromatic rings. The van der Waals surface area contributed by atoms with Crippen molar-refractivity contribution in [3.8, 4) is 61.3 Å². The van der Waals surface area contributed by atoms with Crippen molar-refractivity contribution in [1.29, 1.82) is 0 Å².